The third-order valence-electron chi connectivity index (χ3n) is 3.39. The van der Waals surface area contributed by atoms with Crippen molar-refractivity contribution in [3.8, 4) is 0 Å². The monoisotopic (exact) mass is 302 g/mol. The maximum Gasteiger partial charge on any atom is 0.325 e. The van der Waals surface area contributed by atoms with E-state index in [1.54, 1.807) is 12.1 Å². The summed E-state index contributed by atoms with van der Waals surface area (Å²) in [6.07, 6.45) is 3.48. The van der Waals surface area contributed by atoms with Crippen LogP contribution in [0.15, 0.2) is 12.1 Å². The van der Waals surface area contributed by atoms with E-state index in [1.165, 1.54) is 6.42 Å². The van der Waals surface area contributed by atoms with Gasteiger partial charge in [0, 0.05) is 18.7 Å². The van der Waals surface area contributed by atoms with Crippen LogP contribution in [0.5, 0.6) is 0 Å². The average molecular weight is 303 g/mol. The summed E-state index contributed by atoms with van der Waals surface area (Å²) in [6.45, 7) is 1.89. The quantitative estimate of drug-likeness (QED) is 0.900. The first-order valence-corrected chi connectivity index (χ1v) is 6.99. The van der Waals surface area contributed by atoms with Crippen LogP contribution in [0.4, 0.5) is 5.69 Å². The summed E-state index contributed by atoms with van der Waals surface area (Å²) in [5, 5.41) is 9.55. The lowest BCUT2D eigenvalue weighted by molar-refractivity contribution is -0.138. The Labute approximate surface area is 122 Å². The summed E-state index contributed by atoms with van der Waals surface area (Å²) in [6, 6.07) is 2.30. The van der Waals surface area contributed by atoms with Gasteiger partial charge in [-0.3, -0.25) is 4.79 Å². The number of carboxylic acids is 1. The van der Waals surface area contributed by atoms with Crippen molar-refractivity contribution in [3.05, 3.63) is 27.7 Å². The van der Waals surface area contributed by atoms with Crippen molar-refractivity contribution in [2.24, 2.45) is 5.73 Å². The van der Waals surface area contributed by atoms with Crippen molar-refractivity contribution in [3.63, 3.8) is 0 Å². The van der Waals surface area contributed by atoms with E-state index in [4.69, 9.17) is 34.0 Å². The van der Waals surface area contributed by atoms with Crippen molar-refractivity contribution in [2.45, 2.75) is 25.3 Å². The number of benzene rings is 1. The smallest absolute Gasteiger partial charge is 0.325 e. The zero-order valence-corrected chi connectivity index (χ0v) is 11.9. The van der Waals surface area contributed by atoms with Gasteiger partial charge in [0.1, 0.15) is 6.04 Å². The van der Waals surface area contributed by atoms with Gasteiger partial charge in [0.05, 0.1) is 15.7 Å². The fourth-order valence-electron chi connectivity index (χ4n) is 2.31. The highest BCUT2D eigenvalue weighted by molar-refractivity contribution is 6.44. The Morgan fingerprint density at radius 3 is 2.42 bits per heavy atom. The van der Waals surface area contributed by atoms with Crippen molar-refractivity contribution in [2.75, 3.05) is 18.0 Å². The summed E-state index contributed by atoms with van der Waals surface area (Å²) in [5.41, 5.74) is 6.78. The van der Waals surface area contributed by atoms with E-state index >= 15 is 0 Å². The normalized spacial score (nSPS) is 17.3. The number of carbonyl (C=O) groups is 1. The third kappa shape index (κ3) is 2.96. The Hall–Kier alpha value is -0.970. The molecule has 1 atom stereocenters. The molecule has 1 heterocycles. The number of piperidine rings is 1. The number of aliphatic carboxylic acids is 1. The van der Waals surface area contributed by atoms with E-state index in [0.717, 1.165) is 31.6 Å². The van der Waals surface area contributed by atoms with Gasteiger partial charge >= 0.3 is 5.97 Å². The van der Waals surface area contributed by atoms with Crippen LogP contribution >= 0.6 is 23.2 Å². The number of carboxylic acid groups (broad SMARTS) is 1. The van der Waals surface area contributed by atoms with Crippen LogP contribution in [0.25, 0.3) is 0 Å². The molecule has 1 aliphatic heterocycles. The Morgan fingerprint density at radius 2 is 1.84 bits per heavy atom. The molecule has 1 aromatic carbocycles. The molecule has 0 saturated carbocycles. The maximum absolute atomic E-state index is 10.9. The molecular formula is C13H16Cl2N2O2. The molecule has 4 nitrogen and oxygen atoms in total. The van der Waals surface area contributed by atoms with E-state index in [0.29, 0.717) is 10.6 Å². The Balaban J connectivity index is 2.33. The fourth-order valence-corrected chi connectivity index (χ4v) is 2.88. The molecule has 0 aromatic heterocycles. The third-order valence-corrected chi connectivity index (χ3v) is 4.28. The summed E-state index contributed by atoms with van der Waals surface area (Å²) < 4.78 is 0. The molecule has 0 bridgehead atoms. The average Bonchev–Trinajstić information content (AvgIpc) is 2.42. The number of hydrogen-bond donors (Lipinski definition) is 2. The van der Waals surface area contributed by atoms with Gasteiger partial charge in [0.2, 0.25) is 0 Å². The SMILES string of the molecule is N[C@H](C(=O)O)c1ccc(N2CCCCC2)c(Cl)c1Cl. The number of halogens is 2. The van der Waals surface area contributed by atoms with Crippen LogP contribution in [0, 0.1) is 0 Å². The molecular weight excluding hydrogens is 287 g/mol. The van der Waals surface area contributed by atoms with E-state index in [9.17, 15) is 4.79 Å². The molecule has 0 amide bonds. The highest BCUT2D eigenvalue weighted by Gasteiger charge is 2.22. The van der Waals surface area contributed by atoms with Gasteiger partial charge in [-0.1, -0.05) is 29.3 Å². The van der Waals surface area contributed by atoms with E-state index < -0.39 is 12.0 Å². The highest BCUT2D eigenvalue weighted by Crippen LogP contribution is 2.38. The van der Waals surface area contributed by atoms with Crippen LogP contribution in [0.2, 0.25) is 10.0 Å². The molecule has 1 saturated heterocycles. The predicted octanol–water partition coefficient (Wildman–Crippen LogP) is 3.07. The first-order chi connectivity index (χ1) is 9.02. The van der Waals surface area contributed by atoms with E-state index in [2.05, 4.69) is 4.90 Å². The fraction of sp³-hybridized carbons (Fsp3) is 0.462. The molecule has 19 heavy (non-hydrogen) atoms. The largest absolute Gasteiger partial charge is 0.480 e. The van der Waals surface area contributed by atoms with Crippen molar-refractivity contribution in [1.29, 1.82) is 0 Å². The summed E-state index contributed by atoms with van der Waals surface area (Å²) in [4.78, 5) is 13.1. The molecule has 0 radical (unpaired) electrons. The minimum absolute atomic E-state index is 0.236. The molecule has 104 valence electrons. The van der Waals surface area contributed by atoms with Gasteiger partial charge in [-0.25, -0.2) is 0 Å². The van der Waals surface area contributed by atoms with Gasteiger partial charge in [-0.05, 0) is 25.3 Å². The molecule has 0 spiro atoms. The molecule has 1 aliphatic rings. The zero-order chi connectivity index (χ0) is 14.0. The second-order valence-corrected chi connectivity index (χ2v) is 5.42. The number of nitrogens with zero attached hydrogens (tertiary/aromatic N) is 1. The predicted molar refractivity (Wildman–Crippen MR) is 77.1 cm³/mol. The maximum atomic E-state index is 10.9. The second kappa shape index (κ2) is 5.99. The number of anilines is 1. The van der Waals surface area contributed by atoms with E-state index in [1.807, 2.05) is 0 Å². The van der Waals surface area contributed by atoms with Crippen molar-refractivity contribution < 1.29 is 9.90 Å². The Bertz CT molecular complexity index is 488. The molecule has 1 aromatic rings. The number of nitrogens with two attached hydrogens (primary N) is 1. The first-order valence-electron chi connectivity index (χ1n) is 6.23. The summed E-state index contributed by atoms with van der Waals surface area (Å²) in [7, 11) is 0. The number of rotatable bonds is 3. The molecule has 0 aliphatic carbocycles. The van der Waals surface area contributed by atoms with Crippen LogP contribution in [0.3, 0.4) is 0 Å². The van der Waals surface area contributed by atoms with Crippen molar-refractivity contribution >= 4 is 34.9 Å². The van der Waals surface area contributed by atoms with Crippen LogP contribution < -0.4 is 10.6 Å². The molecule has 6 heteroatoms. The lowest BCUT2D eigenvalue weighted by Crippen LogP contribution is -2.30. The summed E-state index contributed by atoms with van der Waals surface area (Å²) in [5.74, 6) is -1.12. The second-order valence-electron chi connectivity index (χ2n) is 4.67. The van der Waals surface area contributed by atoms with Gasteiger partial charge < -0.3 is 15.7 Å². The molecule has 2 rings (SSSR count). The van der Waals surface area contributed by atoms with Gasteiger partial charge in [-0.2, -0.15) is 0 Å². The van der Waals surface area contributed by atoms with Crippen LogP contribution in [-0.4, -0.2) is 24.2 Å². The van der Waals surface area contributed by atoms with E-state index in [-0.39, 0.29) is 5.02 Å². The van der Waals surface area contributed by atoms with Gasteiger partial charge in [0.25, 0.3) is 0 Å². The van der Waals surface area contributed by atoms with Crippen LogP contribution in [-0.2, 0) is 4.79 Å². The standard InChI is InChI=1S/C13H16Cl2N2O2/c14-10-8(12(16)13(18)19)4-5-9(11(10)15)17-6-2-1-3-7-17/h4-5,12H,1-3,6-7,16H2,(H,18,19)/t12-/m0/s1. The van der Waals surface area contributed by atoms with Gasteiger partial charge in [-0.15, -0.1) is 0 Å². The topological polar surface area (TPSA) is 66.6 Å². The number of hydrogen-bond acceptors (Lipinski definition) is 3. The molecule has 1 fully saturated rings. The zero-order valence-electron chi connectivity index (χ0n) is 10.4. The molecule has 3 N–H and O–H groups in total. The Morgan fingerprint density at radius 1 is 1.21 bits per heavy atom. The minimum atomic E-state index is -1.15. The highest BCUT2D eigenvalue weighted by atomic mass is 35.5. The Kier molecular flexibility index (Phi) is 4.55. The van der Waals surface area contributed by atoms with Gasteiger partial charge in [0.15, 0.2) is 0 Å². The van der Waals surface area contributed by atoms with Crippen LogP contribution in [0.1, 0.15) is 30.9 Å². The van der Waals surface area contributed by atoms with Crippen molar-refractivity contribution in [1.82, 2.24) is 0 Å². The summed E-state index contributed by atoms with van der Waals surface area (Å²) >= 11 is 12.4. The lowest BCUT2D eigenvalue weighted by Gasteiger charge is -2.30. The lowest BCUT2D eigenvalue weighted by atomic mass is 10.1. The minimum Gasteiger partial charge on any atom is -0.480 e. The first kappa shape index (κ1) is 14.4. The molecule has 0 unspecified atom stereocenters.